The van der Waals surface area contributed by atoms with Gasteiger partial charge in [-0.2, -0.15) is 0 Å². The average Bonchev–Trinajstić information content (AvgIpc) is 3.41. The number of amides is 1. The molecule has 1 aliphatic heterocycles. The molecule has 6 rings (SSSR count). The summed E-state index contributed by atoms with van der Waals surface area (Å²) in [7, 11) is 0. The Kier molecular flexibility index (Phi) is 4.46. The molecule has 0 spiro atoms. The first-order valence-corrected chi connectivity index (χ1v) is 11.7. The van der Waals surface area contributed by atoms with Gasteiger partial charge in [0.2, 0.25) is 0 Å². The summed E-state index contributed by atoms with van der Waals surface area (Å²) >= 11 is 1.47. The lowest BCUT2D eigenvalue weighted by molar-refractivity contribution is -0.125. The third-order valence-corrected chi connectivity index (χ3v) is 6.92. The van der Waals surface area contributed by atoms with Crippen LogP contribution in [0.15, 0.2) is 30.3 Å². The molecule has 32 heavy (non-hydrogen) atoms. The van der Waals surface area contributed by atoms with Crippen LogP contribution in [0.2, 0.25) is 0 Å². The normalized spacial score (nSPS) is 17.0. The van der Waals surface area contributed by atoms with E-state index in [0.29, 0.717) is 17.5 Å². The van der Waals surface area contributed by atoms with E-state index in [0.717, 1.165) is 70.6 Å². The second-order valence-corrected chi connectivity index (χ2v) is 9.51. The third kappa shape index (κ3) is 3.33. The Morgan fingerprint density at radius 2 is 2.06 bits per heavy atom. The molecule has 0 bridgehead atoms. The van der Waals surface area contributed by atoms with E-state index in [9.17, 15) is 4.79 Å². The van der Waals surface area contributed by atoms with Gasteiger partial charge < -0.3 is 25.5 Å². The molecule has 1 amide bonds. The van der Waals surface area contributed by atoms with Crippen molar-refractivity contribution in [3.05, 3.63) is 30.3 Å². The van der Waals surface area contributed by atoms with Crippen molar-refractivity contribution < 1.29 is 14.3 Å². The van der Waals surface area contributed by atoms with Gasteiger partial charge in [-0.15, -0.1) is 0 Å². The Balaban J connectivity index is 1.49. The van der Waals surface area contributed by atoms with Crippen molar-refractivity contribution in [1.29, 1.82) is 0 Å². The van der Waals surface area contributed by atoms with Crippen LogP contribution in [0, 0.1) is 5.92 Å². The maximum absolute atomic E-state index is 11.9. The summed E-state index contributed by atoms with van der Waals surface area (Å²) in [5, 5.41) is 0.553. The molecular formula is C23H23N5O3S. The Bertz CT molecular complexity index is 1360. The second-order valence-electron chi connectivity index (χ2n) is 8.44. The van der Waals surface area contributed by atoms with Crippen molar-refractivity contribution in [2.24, 2.45) is 11.7 Å². The predicted octanol–water partition coefficient (Wildman–Crippen LogP) is 3.71. The van der Waals surface area contributed by atoms with Crippen molar-refractivity contribution in [3.63, 3.8) is 0 Å². The van der Waals surface area contributed by atoms with Crippen LogP contribution in [-0.4, -0.2) is 33.2 Å². The zero-order valence-corrected chi connectivity index (χ0v) is 18.2. The highest BCUT2D eigenvalue weighted by molar-refractivity contribution is 7.22. The van der Waals surface area contributed by atoms with E-state index in [2.05, 4.69) is 15.6 Å². The molecule has 1 atom stereocenters. The molecule has 9 heteroatoms. The van der Waals surface area contributed by atoms with Crippen LogP contribution in [0.5, 0.6) is 11.5 Å². The summed E-state index contributed by atoms with van der Waals surface area (Å²) in [6.45, 7) is 1.48. The molecule has 2 aromatic carbocycles. The molecule has 1 saturated carbocycles. The molecule has 0 saturated heterocycles. The van der Waals surface area contributed by atoms with E-state index >= 15 is 0 Å². The maximum Gasteiger partial charge on any atom is 0.258 e. The number of aromatic nitrogens is 3. The molecule has 1 aliphatic carbocycles. The quantitative estimate of drug-likeness (QED) is 0.479. The summed E-state index contributed by atoms with van der Waals surface area (Å²) in [6.07, 6.45) is 3.25. The minimum atomic E-state index is -0.617. The number of anilines is 1. The molecule has 4 N–H and O–H groups in total. The second kappa shape index (κ2) is 7.37. The van der Waals surface area contributed by atoms with Gasteiger partial charge in [-0.25, -0.2) is 9.97 Å². The Morgan fingerprint density at radius 3 is 2.88 bits per heavy atom. The number of fused-ring (bicyclic) bond motifs is 1. The first kappa shape index (κ1) is 19.4. The minimum absolute atomic E-state index is 0.193. The number of thiazole rings is 1. The summed E-state index contributed by atoms with van der Waals surface area (Å²) in [6, 6.07) is 9.83. The van der Waals surface area contributed by atoms with E-state index in [-0.39, 0.29) is 5.92 Å². The van der Waals surface area contributed by atoms with Gasteiger partial charge in [-0.3, -0.25) is 4.79 Å². The fraction of sp³-hybridized carbons (Fsp3) is 0.348. The predicted molar refractivity (Wildman–Crippen MR) is 124 cm³/mol. The van der Waals surface area contributed by atoms with Crippen LogP contribution in [0.4, 0.5) is 5.13 Å². The highest BCUT2D eigenvalue weighted by Crippen LogP contribution is 2.40. The van der Waals surface area contributed by atoms with Gasteiger partial charge in [0.15, 0.2) is 11.2 Å². The Labute approximate surface area is 188 Å². The molecule has 2 aliphatic rings. The molecular weight excluding hydrogens is 426 g/mol. The number of carbonyl (C=O) groups excluding carboxylic acids is 1. The lowest BCUT2D eigenvalue weighted by atomic mass is 10.2. The number of primary amides is 1. The number of benzene rings is 2. The van der Waals surface area contributed by atoms with Crippen molar-refractivity contribution >= 4 is 43.6 Å². The van der Waals surface area contributed by atoms with Crippen LogP contribution < -0.4 is 20.9 Å². The molecule has 1 fully saturated rings. The number of aryl methyl sites for hydroxylation is 1. The number of nitrogen functional groups attached to an aromatic ring is 1. The summed E-state index contributed by atoms with van der Waals surface area (Å²) in [4.78, 5) is 21.2. The SMILES string of the molecule is NC(=O)C(Oc1cc2c3c(c1)nc(-c1ccc4nc(N)sc4c1)n3CCCCO2)C1CC1. The van der Waals surface area contributed by atoms with Crippen LogP contribution in [-0.2, 0) is 11.3 Å². The summed E-state index contributed by atoms with van der Waals surface area (Å²) in [5.74, 6) is 1.91. The van der Waals surface area contributed by atoms with Crippen LogP contribution in [0.1, 0.15) is 25.7 Å². The molecule has 2 aromatic heterocycles. The molecule has 3 heterocycles. The number of hydrogen-bond acceptors (Lipinski definition) is 7. The number of imidazole rings is 1. The van der Waals surface area contributed by atoms with Gasteiger partial charge in [0, 0.05) is 30.2 Å². The molecule has 4 aromatic rings. The molecule has 0 radical (unpaired) electrons. The Morgan fingerprint density at radius 1 is 1.19 bits per heavy atom. The van der Waals surface area contributed by atoms with Gasteiger partial charge in [-0.05, 0) is 43.9 Å². The topological polar surface area (TPSA) is 118 Å². The number of hydrogen-bond donors (Lipinski definition) is 2. The number of rotatable bonds is 5. The number of nitrogens with zero attached hydrogens (tertiary/aromatic N) is 3. The van der Waals surface area contributed by atoms with Crippen molar-refractivity contribution in [2.45, 2.75) is 38.3 Å². The average molecular weight is 450 g/mol. The van der Waals surface area contributed by atoms with Crippen LogP contribution >= 0.6 is 11.3 Å². The molecule has 8 nitrogen and oxygen atoms in total. The largest absolute Gasteiger partial charge is 0.491 e. The first-order chi connectivity index (χ1) is 15.6. The number of nitrogens with two attached hydrogens (primary N) is 2. The monoisotopic (exact) mass is 449 g/mol. The first-order valence-electron chi connectivity index (χ1n) is 10.9. The van der Waals surface area contributed by atoms with Gasteiger partial charge in [-0.1, -0.05) is 11.3 Å². The number of carbonyl (C=O) groups is 1. The lowest BCUT2D eigenvalue weighted by Gasteiger charge is -2.19. The molecule has 1 unspecified atom stereocenters. The zero-order chi connectivity index (χ0) is 21.8. The fourth-order valence-electron chi connectivity index (χ4n) is 4.39. The minimum Gasteiger partial charge on any atom is -0.491 e. The lowest BCUT2D eigenvalue weighted by Crippen LogP contribution is -2.35. The highest BCUT2D eigenvalue weighted by atomic mass is 32.1. The maximum atomic E-state index is 11.9. The van der Waals surface area contributed by atoms with E-state index < -0.39 is 12.0 Å². The highest BCUT2D eigenvalue weighted by Gasteiger charge is 2.37. The Hall–Kier alpha value is -3.33. The van der Waals surface area contributed by atoms with Gasteiger partial charge >= 0.3 is 0 Å². The molecule has 164 valence electrons. The van der Waals surface area contributed by atoms with E-state index in [1.807, 2.05) is 24.3 Å². The standard InChI is InChI=1S/C23H23N5O3S/c24-21(29)20(12-3-4-12)31-14-10-16-19-17(11-14)30-8-2-1-7-28(19)22(26-16)13-5-6-15-18(9-13)32-23(25)27-15/h5-6,9-12,20H,1-4,7-8H2,(H2,24,29)(H2,25,27). The zero-order valence-electron chi connectivity index (χ0n) is 17.4. The van der Waals surface area contributed by atoms with Crippen LogP contribution in [0.3, 0.4) is 0 Å². The van der Waals surface area contributed by atoms with E-state index in [4.69, 9.17) is 25.9 Å². The van der Waals surface area contributed by atoms with Gasteiger partial charge in [0.25, 0.3) is 5.91 Å². The van der Waals surface area contributed by atoms with E-state index in [1.165, 1.54) is 11.3 Å². The summed E-state index contributed by atoms with van der Waals surface area (Å²) < 4.78 is 15.4. The van der Waals surface area contributed by atoms with Crippen molar-refractivity contribution in [3.8, 4) is 22.9 Å². The summed E-state index contributed by atoms with van der Waals surface area (Å²) in [5.41, 5.74) is 15.1. The third-order valence-electron chi connectivity index (χ3n) is 6.07. The van der Waals surface area contributed by atoms with Crippen molar-refractivity contribution in [1.82, 2.24) is 14.5 Å². The van der Waals surface area contributed by atoms with Crippen LogP contribution in [0.25, 0.3) is 32.6 Å². The fourth-order valence-corrected chi connectivity index (χ4v) is 5.16. The van der Waals surface area contributed by atoms with Crippen molar-refractivity contribution in [2.75, 3.05) is 12.3 Å². The van der Waals surface area contributed by atoms with Gasteiger partial charge in [0.05, 0.1) is 22.3 Å². The van der Waals surface area contributed by atoms with E-state index in [1.54, 1.807) is 0 Å². The number of ether oxygens (including phenoxy) is 2. The van der Waals surface area contributed by atoms with Gasteiger partial charge in [0.1, 0.15) is 22.8 Å². The smallest absolute Gasteiger partial charge is 0.258 e.